The summed E-state index contributed by atoms with van der Waals surface area (Å²) in [5.74, 6) is -1.51. The van der Waals surface area contributed by atoms with Crippen LogP contribution in [-0.2, 0) is 19.7 Å². The molecule has 1 aliphatic heterocycles. The molecule has 2 N–H and O–H groups in total. The van der Waals surface area contributed by atoms with E-state index in [4.69, 9.17) is 27.9 Å². The highest BCUT2D eigenvalue weighted by Crippen LogP contribution is 2.30. The minimum Gasteiger partial charge on any atom is -0.486 e. The van der Waals surface area contributed by atoms with Crippen LogP contribution in [0.1, 0.15) is 50.4 Å². The molecular weight excluding hydrogens is 561 g/mol. The number of amides is 1. The lowest BCUT2D eigenvalue weighted by atomic mass is 10.0. The Hall–Kier alpha value is -3.78. The summed E-state index contributed by atoms with van der Waals surface area (Å²) in [6, 6.07) is 24.9. The van der Waals surface area contributed by atoms with Crippen molar-refractivity contribution in [3.63, 3.8) is 0 Å². The standard InChI is InChI=1S/C32H31Cl2N3O4/c33-27-12-11-24(17-28(27)34)21-41-30-26(20-37(29(30)32(39)40)19-23-9-5-2-6-10-23)31(38)35-25-13-15-36(16-14-25)18-22-7-3-1-4-8-22/h1-12,17,20,25H,13-16,18-19,21H2,(H,35,38)(H,39,40). The van der Waals surface area contributed by atoms with E-state index in [1.54, 1.807) is 29.0 Å². The highest BCUT2D eigenvalue weighted by atomic mass is 35.5. The SMILES string of the molecule is O=C(NC1CCN(Cc2ccccc2)CC1)c1cn(Cc2ccccc2)c(C(=O)O)c1OCc1ccc(Cl)c(Cl)c1. The largest absolute Gasteiger partial charge is 0.486 e. The summed E-state index contributed by atoms with van der Waals surface area (Å²) in [4.78, 5) is 28.5. The second-order valence-corrected chi connectivity index (χ2v) is 11.0. The molecule has 212 valence electrons. The molecule has 1 aromatic heterocycles. The molecule has 1 aliphatic rings. The van der Waals surface area contributed by atoms with Gasteiger partial charge in [-0.1, -0.05) is 89.9 Å². The molecule has 7 nitrogen and oxygen atoms in total. The molecule has 0 unspecified atom stereocenters. The fourth-order valence-corrected chi connectivity index (χ4v) is 5.42. The third kappa shape index (κ3) is 7.30. The van der Waals surface area contributed by atoms with E-state index < -0.39 is 5.97 Å². The molecule has 3 aromatic carbocycles. The fourth-order valence-electron chi connectivity index (χ4n) is 5.09. The number of nitrogens with one attached hydrogen (secondary N) is 1. The van der Waals surface area contributed by atoms with Gasteiger partial charge >= 0.3 is 5.97 Å². The molecule has 0 spiro atoms. The molecule has 0 radical (unpaired) electrons. The Bertz CT molecular complexity index is 1500. The number of carbonyl (C=O) groups is 2. The first-order valence-electron chi connectivity index (χ1n) is 13.5. The summed E-state index contributed by atoms with van der Waals surface area (Å²) in [5.41, 5.74) is 2.96. The van der Waals surface area contributed by atoms with E-state index in [2.05, 4.69) is 22.3 Å². The van der Waals surface area contributed by atoms with Crippen LogP contribution in [0.3, 0.4) is 0 Å². The lowest BCUT2D eigenvalue weighted by Crippen LogP contribution is -2.44. The van der Waals surface area contributed by atoms with Crippen molar-refractivity contribution in [1.82, 2.24) is 14.8 Å². The Morgan fingerprint density at radius 1 is 0.854 bits per heavy atom. The number of hydrogen-bond donors (Lipinski definition) is 2. The Labute approximate surface area is 249 Å². The Morgan fingerprint density at radius 3 is 2.10 bits per heavy atom. The van der Waals surface area contributed by atoms with E-state index in [1.165, 1.54) is 5.56 Å². The van der Waals surface area contributed by atoms with Gasteiger partial charge in [0.25, 0.3) is 5.91 Å². The number of carboxylic acids is 1. The summed E-state index contributed by atoms with van der Waals surface area (Å²) in [6.07, 6.45) is 3.17. The maximum Gasteiger partial charge on any atom is 0.356 e. The number of likely N-dealkylation sites (tertiary alicyclic amines) is 1. The third-order valence-corrected chi connectivity index (χ3v) is 7.95. The van der Waals surface area contributed by atoms with Gasteiger partial charge in [0.15, 0.2) is 11.4 Å². The molecule has 0 bridgehead atoms. The predicted octanol–water partition coefficient (Wildman–Crippen LogP) is 6.51. The summed E-state index contributed by atoms with van der Waals surface area (Å²) >= 11 is 12.2. The zero-order valence-corrected chi connectivity index (χ0v) is 23.9. The van der Waals surface area contributed by atoms with Crippen LogP contribution in [0.2, 0.25) is 10.0 Å². The van der Waals surface area contributed by atoms with E-state index in [1.807, 2.05) is 48.5 Å². The third-order valence-electron chi connectivity index (χ3n) is 7.21. The van der Waals surface area contributed by atoms with Gasteiger partial charge in [-0.2, -0.15) is 0 Å². The molecule has 2 heterocycles. The van der Waals surface area contributed by atoms with Crippen molar-refractivity contribution < 1.29 is 19.4 Å². The Kier molecular flexibility index (Phi) is 9.29. The fraction of sp³-hybridized carbons (Fsp3) is 0.250. The molecule has 0 atom stereocenters. The highest BCUT2D eigenvalue weighted by Gasteiger charge is 2.29. The number of aromatic nitrogens is 1. The van der Waals surface area contributed by atoms with Crippen molar-refractivity contribution in [2.45, 2.75) is 38.6 Å². The van der Waals surface area contributed by atoms with Crippen LogP contribution < -0.4 is 10.1 Å². The maximum absolute atomic E-state index is 13.6. The number of benzene rings is 3. The van der Waals surface area contributed by atoms with Crippen molar-refractivity contribution >= 4 is 35.1 Å². The monoisotopic (exact) mass is 591 g/mol. The maximum atomic E-state index is 13.6. The number of ether oxygens (including phenoxy) is 1. The normalized spacial score (nSPS) is 14.1. The average Bonchev–Trinajstić information content (AvgIpc) is 3.34. The van der Waals surface area contributed by atoms with E-state index in [0.717, 1.165) is 38.0 Å². The second-order valence-electron chi connectivity index (χ2n) is 10.2. The number of carboxylic acid groups (broad SMARTS) is 1. The first kappa shape index (κ1) is 28.7. The molecule has 41 heavy (non-hydrogen) atoms. The zero-order valence-electron chi connectivity index (χ0n) is 22.4. The van der Waals surface area contributed by atoms with Gasteiger partial charge in [0.05, 0.1) is 10.0 Å². The Balaban J connectivity index is 1.35. The van der Waals surface area contributed by atoms with Crippen LogP contribution >= 0.6 is 23.2 Å². The predicted molar refractivity (Wildman–Crippen MR) is 160 cm³/mol. The van der Waals surface area contributed by atoms with Gasteiger partial charge in [-0.3, -0.25) is 9.69 Å². The summed E-state index contributed by atoms with van der Waals surface area (Å²) in [5, 5.41) is 14.1. The van der Waals surface area contributed by atoms with Gasteiger partial charge in [-0.25, -0.2) is 4.79 Å². The number of carbonyl (C=O) groups excluding carboxylic acids is 1. The van der Waals surface area contributed by atoms with E-state index in [-0.39, 0.29) is 42.1 Å². The molecule has 0 aliphatic carbocycles. The second kappa shape index (κ2) is 13.3. The smallest absolute Gasteiger partial charge is 0.356 e. The minimum atomic E-state index is -1.18. The molecule has 9 heteroatoms. The molecule has 1 fully saturated rings. The van der Waals surface area contributed by atoms with Crippen molar-refractivity contribution in [3.05, 3.63) is 123 Å². The van der Waals surface area contributed by atoms with Gasteiger partial charge in [0.2, 0.25) is 0 Å². The molecule has 5 rings (SSSR count). The minimum absolute atomic E-state index is 0.0185. The van der Waals surface area contributed by atoms with Crippen LogP contribution in [0.15, 0.2) is 85.1 Å². The van der Waals surface area contributed by atoms with Gasteiger partial charge in [-0.15, -0.1) is 0 Å². The number of nitrogens with zero attached hydrogens (tertiary/aromatic N) is 2. The number of halogens is 2. The Morgan fingerprint density at radius 2 is 1.49 bits per heavy atom. The zero-order chi connectivity index (χ0) is 28.8. The van der Waals surface area contributed by atoms with Crippen molar-refractivity contribution in [2.24, 2.45) is 0 Å². The van der Waals surface area contributed by atoms with Crippen LogP contribution in [0.25, 0.3) is 0 Å². The first-order valence-corrected chi connectivity index (χ1v) is 14.3. The first-order chi connectivity index (χ1) is 19.9. The average molecular weight is 593 g/mol. The van der Waals surface area contributed by atoms with Crippen molar-refractivity contribution in [3.8, 4) is 5.75 Å². The number of piperidine rings is 1. The highest BCUT2D eigenvalue weighted by molar-refractivity contribution is 6.42. The quantitative estimate of drug-likeness (QED) is 0.219. The number of aromatic carboxylic acids is 1. The van der Waals surface area contributed by atoms with Crippen LogP contribution in [0, 0.1) is 0 Å². The van der Waals surface area contributed by atoms with E-state index in [9.17, 15) is 14.7 Å². The van der Waals surface area contributed by atoms with E-state index in [0.29, 0.717) is 15.6 Å². The molecule has 1 saturated heterocycles. The lowest BCUT2D eigenvalue weighted by molar-refractivity contribution is 0.0680. The van der Waals surface area contributed by atoms with Crippen LogP contribution in [0.4, 0.5) is 0 Å². The summed E-state index contributed by atoms with van der Waals surface area (Å²) in [7, 11) is 0. The molecule has 0 saturated carbocycles. The summed E-state index contributed by atoms with van der Waals surface area (Å²) in [6.45, 7) is 2.88. The number of rotatable bonds is 10. The van der Waals surface area contributed by atoms with Gasteiger partial charge < -0.3 is 19.7 Å². The van der Waals surface area contributed by atoms with Crippen LogP contribution in [0.5, 0.6) is 5.75 Å². The van der Waals surface area contributed by atoms with Crippen LogP contribution in [-0.4, -0.2) is 45.6 Å². The van der Waals surface area contributed by atoms with Gasteiger partial charge in [0.1, 0.15) is 12.2 Å². The number of hydrogen-bond acceptors (Lipinski definition) is 4. The lowest BCUT2D eigenvalue weighted by Gasteiger charge is -2.32. The summed E-state index contributed by atoms with van der Waals surface area (Å²) < 4.78 is 7.60. The molecule has 4 aromatic rings. The molecule has 1 amide bonds. The van der Waals surface area contributed by atoms with Crippen molar-refractivity contribution in [1.29, 1.82) is 0 Å². The van der Waals surface area contributed by atoms with Crippen molar-refractivity contribution in [2.75, 3.05) is 13.1 Å². The van der Waals surface area contributed by atoms with Gasteiger partial charge in [0, 0.05) is 38.4 Å². The molecular formula is C32H31Cl2N3O4. The topological polar surface area (TPSA) is 83.8 Å². The van der Waals surface area contributed by atoms with E-state index >= 15 is 0 Å². The van der Waals surface area contributed by atoms with Gasteiger partial charge in [-0.05, 0) is 41.7 Å².